The van der Waals surface area contributed by atoms with Gasteiger partial charge in [0.2, 0.25) is 0 Å². The number of carbonyl (C=O) groups is 1. The maximum absolute atomic E-state index is 11.2. The maximum Gasteiger partial charge on any atom is 0.186 e. The highest BCUT2D eigenvalue weighted by Gasteiger charge is 2.33. The van der Waals surface area contributed by atoms with Crippen LogP contribution in [0.15, 0.2) is 103 Å². The van der Waals surface area contributed by atoms with Crippen LogP contribution in [0.3, 0.4) is 0 Å². The smallest absolute Gasteiger partial charge is 0.186 e. The topological polar surface area (TPSA) is 17.1 Å². The van der Waals surface area contributed by atoms with Crippen LogP contribution >= 0.6 is 12.6 Å². The summed E-state index contributed by atoms with van der Waals surface area (Å²) in [4.78, 5) is 11.2. The first-order valence-electron chi connectivity index (χ1n) is 8.79. The van der Waals surface area contributed by atoms with Crippen LogP contribution in [-0.4, -0.2) is 5.12 Å². The van der Waals surface area contributed by atoms with Gasteiger partial charge in [0.15, 0.2) is 5.12 Å². The molecule has 0 aliphatic rings. The molecular weight excluding hydrogens is 336 g/mol. The van der Waals surface area contributed by atoms with E-state index in [1.165, 1.54) is 16.7 Å². The molecule has 0 aliphatic heterocycles. The molecule has 0 unspecified atom stereocenters. The van der Waals surface area contributed by atoms with E-state index in [2.05, 4.69) is 97.6 Å². The van der Waals surface area contributed by atoms with Crippen LogP contribution in [0.4, 0.5) is 0 Å². The standard InChI is InChI=1S/C24H22OS/c25-23(26)18-10-11-19-24(20-12-4-1-5-13-20,21-14-6-2-7-15-21)22-16-8-3-9-17-22/h1-9,11-17,19H,10,18H2,(H,25,26)/b19-11-. The number of rotatable bonds is 7. The minimum absolute atomic E-state index is 0.0839. The Morgan fingerprint density at radius 1 is 0.731 bits per heavy atom. The van der Waals surface area contributed by atoms with Crippen molar-refractivity contribution in [1.29, 1.82) is 0 Å². The molecule has 0 saturated carbocycles. The lowest BCUT2D eigenvalue weighted by Crippen LogP contribution is -2.27. The molecule has 3 aromatic carbocycles. The quantitative estimate of drug-likeness (QED) is 0.320. The Kier molecular flexibility index (Phi) is 6.08. The van der Waals surface area contributed by atoms with E-state index in [4.69, 9.17) is 0 Å². The van der Waals surface area contributed by atoms with Gasteiger partial charge >= 0.3 is 0 Å². The largest absolute Gasteiger partial charge is 0.287 e. The van der Waals surface area contributed by atoms with E-state index in [9.17, 15) is 4.79 Å². The molecule has 0 radical (unpaired) electrons. The molecule has 130 valence electrons. The highest BCUT2D eigenvalue weighted by molar-refractivity contribution is 7.96. The summed E-state index contributed by atoms with van der Waals surface area (Å²) < 4.78 is 0. The van der Waals surface area contributed by atoms with Gasteiger partial charge in [-0.25, -0.2) is 0 Å². The van der Waals surface area contributed by atoms with Crippen LogP contribution in [0.1, 0.15) is 29.5 Å². The SMILES string of the molecule is O=C(S)CC/C=C\C(c1ccccc1)(c1ccccc1)c1ccccc1. The van der Waals surface area contributed by atoms with Gasteiger partial charge in [0, 0.05) is 6.42 Å². The van der Waals surface area contributed by atoms with Gasteiger partial charge < -0.3 is 0 Å². The third-order valence-electron chi connectivity index (χ3n) is 4.58. The normalized spacial score (nSPS) is 11.6. The monoisotopic (exact) mass is 358 g/mol. The summed E-state index contributed by atoms with van der Waals surface area (Å²) in [5.41, 5.74) is 3.20. The summed E-state index contributed by atoms with van der Waals surface area (Å²) in [5, 5.41) is -0.0839. The Morgan fingerprint density at radius 3 is 1.46 bits per heavy atom. The minimum atomic E-state index is -0.399. The zero-order valence-electron chi connectivity index (χ0n) is 14.6. The van der Waals surface area contributed by atoms with Crippen molar-refractivity contribution in [3.8, 4) is 0 Å². The third-order valence-corrected chi connectivity index (χ3v) is 4.80. The molecule has 0 heterocycles. The maximum atomic E-state index is 11.2. The van der Waals surface area contributed by atoms with Crippen molar-refractivity contribution < 1.29 is 4.79 Å². The predicted molar refractivity (Wildman–Crippen MR) is 112 cm³/mol. The Morgan fingerprint density at radius 2 is 1.12 bits per heavy atom. The molecule has 0 aromatic heterocycles. The predicted octanol–water partition coefficient (Wildman–Crippen LogP) is 5.81. The molecule has 1 nitrogen and oxygen atoms in total. The van der Waals surface area contributed by atoms with Gasteiger partial charge in [0.25, 0.3) is 0 Å². The Balaban J connectivity index is 2.19. The average Bonchev–Trinajstić information content (AvgIpc) is 2.70. The Hall–Kier alpha value is -2.58. The van der Waals surface area contributed by atoms with Gasteiger partial charge in [-0.3, -0.25) is 4.79 Å². The first kappa shape index (κ1) is 18.2. The fourth-order valence-corrected chi connectivity index (χ4v) is 3.49. The van der Waals surface area contributed by atoms with E-state index in [0.29, 0.717) is 12.8 Å². The minimum Gasteiger partial charge on any atom is -0.287 e. The van der Waals surface area contributed by atoms with E-state index in [1.54, 1.807) is 0 Å². The molecule has 0 bridgehead atoms. The molecule has 3 rings (SSSR count). The van der Waals surface area contributed by atoms with Crippen molar-refractivity contribution in [3.05, 3.63) is 120 Å². The van der Waals surface area contributed by atoms with Crippen LogP contribution in [0.2, 0.25) is 0 Å². The molecular formula is C24H22OS. The molecule has 26 heavy (non-hydrogen) atoms. The summed E-state index contributed by atoms with van der Waals surface area (Å²) >= 11 is 3.88. The van der Waals surface area contributed by atoms with Crippen molar-refractivity contribution in [2.45, 2.75) is 18.3 Å². The van der Waals surface area contributed by atoms with Crippen molar-refractivity contribution >= 4 is 17.7 Å². The lowest BCUT2D eigenvalue weighted by Gasteiger charge is -2.33. The van der Waals surface area contributed by atoms with Gasteiger partial charge in [-0.15, -0.1) is 12.6 Å². The Bertz CT molecular complexity index is 758. The fraction of sp³-hybridized carbons (Fsp3) is 0.125. The molecule has 0 saturated heterocycles. The number of carbonyl (C=O) groups excluding carboxylic acids is 1. The van der Waals surface area contributed by atoms with Crippen LogP contribution in [0.5, 0.6) is 0 Å². The first-order valence-corrected chi connectivity index (χ1v) is 9.24. The third kappa shape index (κ3) is 3.97. The number of hydrogen-bond donors (Lipinski definition) is 1. The highest BCUT2D eigenvalue weighted by atomic mass is 32.1. The summed E-state index contributed by atoms with van der Waals surface area (Å²) in [7, 11) is 0. The van der Waals surface area contributed by atoms with E-state index in [-0.39, 0.29) is 5.12 Å². The molecule has 3 aromatic rings. The van der Waals surface area contributed by atoms with Gasteiger partial charge in [0.1, 0.15) is 0 Å². The summed E-state index contributed by atoms with van der Waals surface area (Å²) in [6.07, 6.45) is 5.44. The number of benzene rings is 3. The van der Waals surface area contributed by atoms with Gasteiger partial charge in [-0.05, 0) is 23.1 Å². The number of hydrogen-bond acceptors (Lipinski definition) is 1. The van der Waals surface area contributed by atoms with Crippen molar-refractivity contribution in [1.82, 2.24) is 0 Å². The lowest BCUT2D eigenvalue weighted by molar-refractivity contribution is -0.110. The fourth-order valence-electron chi connectivity index (χ4n) is 3.36. The first-order chi connectivity index (χ1) is 12.7. The van der Waals surface area contributed by atoms with E-state index < -0.39 is 5.41 Å². The zero-order chi connectivity index (χ0) is 18.2. The van der Waals surface area contributed by atoms with Gasteiger partial charge in [0.05, 0.1) is 5.41 Å². The van der Waals surface area contributed by atoms with Crippen LogP contribution in [0.25, 0.3) is 0 Å². The van der Waals surface area contributed by atoms with Gasteiger partial charge in [-0.1, -0.05) is 103 Å². The molecule has 0 N–H and O–H groups in total. The molecule has 2 heteroatoms. The van der Waals surface area contributed by atoms with E-state index in [0.717, 1.165) is 0 Å². The number of thiol groups is 1. The van der Waals surface area contributed by atoms with Crippen molar-refractivity contribution in [2.75, 3.05) is 0 Å². The van der Waals surface area contributed by atoms with Crippen LogP contribution in [-0.2, 0) is 10.2 Å². The summed E-state index contributed by atoms with van der Waals surface area (Å²) in [6.45, 7) is 0. The second-order valence-corrected chi connectivity index (χ2v) is 6.74. The number of allylic oxidation sites excluding steroid dienone is 2. The molecule has 0 atom stereocenters. The summed E-state index contributed by atoms with van der Waals surface area (Å²) in [6, 6.07) is 31.5. The summed E-state index contributed by atoms with van der Waals surface area (Å²) in [5.74, 6) is 0. The van der Waals surface area contributed by atoms with Crippen molar-refractivity contribution in [3.63, 3.8) is 0 Å². The average molecular weight is 359 g/mol. The van der Waals surface area contributed by atoms with E-state index >= 15 is 0 Å². The molecule has 0 aliphatic carbocycles. The van der Waals surface area contributed by atoms with Crippen LogP contribution < -0.4 is 0 Å². The zero-order valence-corrected chi connectivity index (χ0v) is 15.5. The van der Waals surface area contributed by atoms with Gasteiger partial charge in [-0.2, -0.15) is 0 Å². The second kappa shape index (κ2) is 8.68. The molecule has 0 spiro atoms. The highest BCUT2D eigenvalue weighted by Crippen LogP contribution is 2.40. The Labute approximate surface area is 160 Å². The molecule has 0 amide bonds. The van der Waals surface area contributed by atoms with E-state index in [1.807, 2.05) is 18.2 Å². The van der Waals surface area contributed by atoms with Crippen molar-refractivity contribution in [2.24, 2.45) is 0 Å². The molecule has 0 fully saturated rings. The second-order valence-electron chi connectivity index (χ2n) is 6.24. The lowest BCUT2D eigenvalue weighted by atomic mass is 9.69. The van der Waals surface area contributed by atoms with Crippen LogP contribution in [0, 0.1) is 0 Å².